The van der Waals surface area contributed by atoms with E-state index in [0.29, 0.717) is 13.1 Å². The van der Waals surface area contributed by atoms with Gasteiger partial charge in [-0.2, -0.15) is 0 Å². The van der Waals surface area contributed by atoms with Crippen LogP contribution >= 0.6 is 0 Å². The maximum atomic E-state index is 12.0. The predicted molar refractivity (Wildman–Crippen MR) is 75.1 cm³/mol. The predicted octanol–water partition coefficient (Wildman–Crippen LogP) is 0.0400. The zero-order chi connectivity index (χ0) is 16.0. The molecular formula is C13H23N3O5. The molecule has 0 bridgehead atoms. The molecule has 0 aliphatic carbocycles. The Morgan fingerprint density at radius 2 is 2.00 bits per heavy atom. The fourth-order valence-electron chi connectivity index (χ4n) is 2.30. The van der Waals surface area contributed by atoms with Crippen LogP contribution in [0, 0.1) is 0 Å². The molecule has 0 aromatic heterocycles. The quantitative estimate of drug-likeness (QED) is 0.612. The van der Waals surface area contributed by atoms with Crippen molar-refractivity contribution in [2.75, 3.05) is 27.2 Å². The standard InChI is InChI=1S/C13H23N3O5/c1-15(2)9-6-7-16(8-9)13(21)14-10(12(19)20)4-3-5-11(17)18/h9-10H,3-8H2,1-2H3,(H,14,21)(H,17,18)(H,19,20)/t9?,10-/m1/s1. The second-order valence-electron chi connectivity index (χ2n) is 5.48. The minimum atomic E-state index is -1.14. The molecule has 1 fully saturated rings. The van der Waals surface area contributed by atoms with Crippen LogP contribution in [0.2, 0.25) is 0 Å². The number of hydrogen-bond acceptors (Lipinski definition) is 4. The van der Waals surface area contributed by atoms with E-state index in [0.717, 1.165) is 6.42 Å². The highest BCUT2D eigenvalue weighted by molar-refractivity contribution is 5.82. The van der Waals surface area contributed by atoms with Gasteiger partial charge >= 0.3 is 18.0 Å². The van der Waals surface area contributed by atoms with Gasteiger partial charge in [0.2, 0.25) is 0 Å². The number of nitrogens with one attached hydrogen (secondary N) is 1. The summed E-state index contributed by atoms with van der Waals surface area (Å²) in [4.78, 5) is 37.2. The van der Waals surface area contributed by atoms with Crippen molar-refractivity contribution in [2.45, 2.75) is 37.8 Å². The minimum absolute atomic E-state index is 0.105. The van der Waals surface area contributed by atoms with Crippen LogP contribution in [-0.2, 0) is 9.59 Å². The van der Waals surface area contributed by atoms with Gasteiger partial charge in [-0.15, -0.1) is 0 Å². The number of carbonyl (C=O) groups excluding carboxylic acids is 1. The number of hydrogen-bond donors (Lipinski definition) is 3. The van der Waals surface area contributed by atoms with Gasteiger partial charge in [0, 0.05) is 25.6 Å². The molecule has 8 heteroatoms. The number of likely N-dealkylation sites (tertiary alicyclic amines) is 1. The van der Waals surface area contributed by atoms with Crippen molar-refractivity contribution in [1.29, 1.82) is 0 Å². The summed E-state index contributed by atoms with van der Waals surface area (Å²) < 4.78 is 0. The van der Waals surface area contributed by atoms with E-state index >= 15 is 0 Å². The van der Waals surface area contributed by atoms with Crippen LogP contribution in [0.4, 0.5) is 4.79 Å². The number of likely N-dealkylation sites (N-methyl/N-ethyl adjacent to an activating group) is 1. The smallest absolute Gasteiger partial charge is 0.326 e. The monoisotopic (exact) mass is 301 g/mol. The molecule has 0 aromatic rings. The summed E-state index contributed by atoms with van der Waals surface area (Å²) in [6, 6.07) is -1.16. The Morgan fingerprint density at radius 3 is 2.48 bits per heavy atom. The van der Waals surface area contributed by atoms with Gasteiger partial charge in [-0.1, -0.05) is 0 Å². The van der Waals surface area contributed by atoms with Gasteiger partial charge in [0.25, 0.3) is 0 Å². The highest BCUT2D eigenvalue weighted by Gasteiger charge is 2.29. The molecule has 1 unspecified atom stereocenters. The van der Waals surface area contributed by atoms with Gasteiger partial charge in [-0.05, 0) is 33.4 Å². The molecule has 1 rings (SSSR count). The van der Waals surface area contributed by atoms with Crippen molar-refractivity contribution < 1.29 is 24.6 Å². The summed E-state index contributed by atoms with van der Waals surface area (Å²) in [5.41, 5.74) is 0. The lowest BCUT2D eigenvalue weighted by atomic mass is 10.1. The number of rotatable bonds is 7. The third kappa shape index (κ3) is 5.58. The van der Waals surface area contributed by atoms with Crippen LogP contribution in [0.5, 0.6) is 0 Å². The Labute approximate surface area is 123 Å². The first-order valence-corrected chi connectivity index (χ1v) is 6.97. The van der Waals surface area contributed by atoms with Crippen LogP contribution in [-0.4, -0.2) is 77.3 Å². The lowest BCUT2D eigenvalue weighted by Crippen LogP contribution is -2.48. The van der Waals surface area contributed by atoms with E-state index in [-0.39, 0.29) is 25.3 Å². The summed E-state index contributed by atoms with van der Waals surface area (Å²) >= 11 is 0. The number of carbonyl (C=O) groups is 3. The summed E-state index contributed by atoms with van der Waals surface area (Å²) in [6.45, 7) is 1.16. The van der Waals surface area contributed by atoms with Crippen molar-refractivity contribution >= 4 is 18.0 Å². The molecule has 8 nitrogen and oxygen atoms in total. The molecule has 0 aromatic carbocycles. The molecule has 3 N–H and O–H groups in total. The maximum absolute atomic E-state index is 12.0. The Hall–Kier alpha value is -1.83. The van der Waals surface area contributed by atoms with Gasteiger partial charge in [-0.3, -0.25) is 4.79 Å². The Balaban J connectivity index is 2.46. The fraction of sp³-hybridized carbons (Fsp3) is 0.769. The molecule has 1 heterocycles. The maximum Gasteiger partial charge on any atom is 0.326 e. The van der Waals surface area contributed by atoms with Crippen LogP contribution in [0.3, 0.4) is 0 Å². The zero-order valence-electron chi connectivity index (χ0n) is 12.4. The lowest BCUT2D eigenvalue weighted by molar-refractivity contribution is -0.140. The normalized spacial score (nSPS) is 19.6. The van der Waals surface area contributed by atoms with E-state index in [2.05, 4.69) is 5.32 Å². The molecule has 1 aliphatic heterocycles. The van der Waals surface area contributed by atoms with Crippen LogP contribution in [0.15, 0.2) is 0 Å². The molecule has 0 radical (unpaired) electrons. The molecule has 2 atom stereocenters. The van der Waals surface area contributed by atoms with E-state index in [1.807, 2.05) is 19.0 Å². The van der Waals surface area contributed by atoms with E-state index in [4.69, 9.17) is 10.2 Å². The van der Waals surface area contributed by atoms with Crippen molar-refractivity contribution in [3.05, 3.63) is 0 Å². The average Bonchev–Trinajstić information content (AvgIpc) is 2.86. The summed E-state index contributed by atoms with van der Waals surface area (Å²) in [5, 5.41) is 20.1. The van der Waals surface area contributed by atoms with Gasteiger partial charge < -0.3 is 25.3 Å². The van der Waals surface area contributed by atoms with Crippen LogP contribution < -0.4 is 5.32 Å². The average molecular weight is 301 g/mol. The molecule has 2 amide bonds. The molecule has 120 valence electrons. The number of amides is 2. The third-order valence-electron chi connectivity index (χ3n) is 3.66. The van der Waals surface area contributed by atoms with Crippen LogP contribution in [0.25, 0.3) is 0 Å². The van der Waals surface area contributed by atoms with Crippen molar-refractivity contribution in [3.63, 3.8) is 0 Å². The fourth-order valence-corrected chi connectivity index (χ4v) is 2.30. The number of carboxylic acid groups (broad SMARTS) is 2. The summed E-state index contributed by atoms with van der Waals surface area (Å²) in [6.07, 6.45) is 1.08. The van der Waals surface area contributed by atoms with E-state index in [9.17, 15) is 14.4 Å². The van der Waals surface area contributed by atoms with Gasteiger partial charge in [0.1, 0.15) is 6.04 Å². The van der Waals surface area contributed by atoms with Crippen LogP contribution in [0.1, 0.15) is 25.7 Å². The largest absolute Gasteiger partial charge is 0.481 e. The Kier molecular flexibility index (Phi) is 6.41. The number of nitrogens with zero attached hydrogens (tertiary/aromatic N) is 2. The lowest BCUT2D eigenvalue weighted by Gasteiger charge is -2.22. The summed E-state index contributed by atoms with van der Waals surface area (Å²) in [7, 11) is 3.88. The van der Waals surface area contributed by atoms with Crippen molar-refractivity contribution in [1.82, 2.24) is 15.1 Å². The molecule has 1 saturated heterocycles. The molecule has 1 aliphatic rings. The van der Waals surface area contributed by atoms with Gasteiger partial charge in [0.05, 0.1) is 0 Å². The molecule has 0 spiro atoms. The zero-order valence-corrected chi connectivity index (χ0v) is 12.4. The first kappa shape index (κ1) is 17.2. The second kappa shape index (κ2) is 7.82. The van der Waals surface area contributed by atoms with E-state index in [1.54, 1.807) is 4.90 Å². The molecule has 21 heavy (non-hydrogen) atoms. The molecular weight excluding hydrogens is 278 g/mol. The van der Waals surface area contributed by atoms with Crippen molar-refractivity contribution in [3.8, 4) is 0 Å². The van der Waals surface area contributed by atoms with E-state index in [1.165, 1.54) is 0 Å². The number of aliphatic carboxylic acids is 2. The van der Waals surface area contributed by atoms with Crippen molar-refractivity contribution in [2.24, 2.45) is 0 Å². The first-order chi connectivity index (χ1) is 9.81. The molecule has 0 saturated carbocycles. The second-order valence-corrected chi connectivity index (χ2v) is 5.48. The summed E-state index contributed by atoms with van der Waals surface area (Å²) in [5.74, 6) is -2.11. The number of urea groups is 1. The SMILES string of the molecule is CN(C)C1CCN(C(=O)N[C@H](CCCC(=O)O)C(=O)O)C1. The van der Waals surface area contributed by atoms with Gasteiger partial charge in [-0.25, -0.2) is 9.59 Å². The topological polar surface area (TPSA) is 110 Å². The third-order valence-corrected chi connectivity index (χ3v) is 3.66. The number of carboxylic acids is 2. The minimum Gasteiger partial charge on any atom is -0.481 e. The van der Waals surface area contributed by atoms with Gasteiger partial charge in [0.15, 0.2) is 0 Å². The Morgan fingerprint density at radius 1 is 1.33 bits per heavy atom. The Bertz CT molecular complexity index is 399. The first-order valence-electron chi connectivity index (χ1n) is 6.97. The van der Waals surface area contributed by atoms with E-state index < -0.39 is 24.0 Å². The highest BCUT2D eigenvalue weighted by Crippen LogP contribution is 2.13. The highest BCUT2D eigenvalue weighted by atomic mass is 16.4.